The second-order valence-corrected chi connectivity index (χ2v) is 11.1. The van der Waals surface area contributed by atoms with Crippen LogP contribution in [-0.2, 0) is 0 Å². The van der Waals surface area contributed by atoms with Gasteiger partial charge < -0.3 is 9.41 Å². The molecule has 0 aliphatic heterocycles. The van der Waals surface area contributed by atoms with Crippen LogP contribution in [0, 0.1) is 0 Å². The van der Waals surface area contributed by atoms with E-state index in [0.717, 1.165) is 0 Å². The molecule has 1 aromatic heterocycles. The van der Waals surface area contributed by atoms with E-state index in [1.807, 2.05) is 0 Å². The summed E-state index contributed by atoms with van der Waals surface area (Å²) in [5.41, 5.74) is 0. The van der Waals surface area contributed by atoms with E-state index in [-0.39, 0.29) is 0 Å². The maximum absolute atomic E-state index is 5.67. The van der Waals surface area contributed by atoms with Crippen LogP contribution in [0.1, 0.15) is 0 Å². The Kier molecular flexibility index (Phi) is 3.80. The highest BCUT2D eigenvalue weighted by atomic mass is 28.4. The van der Waals surface area contributed by atoms with E-state index in [1.54, 1.807) is 0 Å². The molecule has 0 atom stereocenters. The summed E-state index contributed by atoms with van der Waals surface area (Å²) in [7, 11) is -2.23. The van der Waals surface area contributed by atoms with Gasteiger partial charge in [0.15, 0.2) is 8.96 Å². The van der Waals surface area contributed by atoms with E-state index < -0.39 is 17.3 Å². The van der Waals surface area contributed by atoms with Gasteiger partial charge in [-0.2, -0.15) is 9.97 Å². The highest BCUT2D eigenvalue weighted by molar-refractivity contribution is 6.70. The lowest BCUT2D eigenvalue weighted by atomic mass is 10.9. The van der Waals surface area contributed by atoms with Crippen LogP contribution < -0.4 is 9.41 Å². The fourth-order valence-electron chi connectivity index (χ4n) is 0.888. The molecule has 15 heavy (non-hydrogen) atoms. The monoisotopic (exact) mass is 241 g/mol. The van der Waals surface area contributed by atoms with E-state index in [2.05, 4.69) is 52.7 Å². The molecule has 0 aromatic carbocycles. The van der Waals surface area contributed by atoms with E-state index in [4.69, 9.17) is 4.43 Å². The van der Waals surface area contributed by atoms with Crippen LogP contribution in [0.25, 0.3) is 0 Å². The number of rotatable bonds is 4. The first-order chi connectivity index (χ1) is 6.87. The van der Waals surface area contributed by atoms with Gasteiger partial charge in [0.2, 0.25) is 14.3 Å². The standard InChI is InChI=1S/C8H17N4OSi2/c1-14(2)12-7-9-6-10-8(11-7)13-15(3,4)5/h6H,1-5H3,(H,9,10,11,12). The van der Waals surface area contributed by atoms with Gasteiger partial charge in [0.05, 0.1) is 0 Å². The molecular weight excluding hydrogens is 224 g/mol. The molecule has 0 aliphatic rings. The number of hydrogen-bond acceptors (Lipinski definition) is 5. The molecule has 0 saturated carbocycles. The van der Waals surface area contributed by atoms with E-state index in [9.17, 15) is 0 Å². The van der Waals surface area contributed by atoms with Crippen molar-refractivity contribution in [2.45, 2.75) is 32.7 Å². The smallest absolute Gasteiger partial charge is 0.307 e. The number of aromatic nitrogens is 3. The second kappa shape index (κ2) is 4.71. The topological polar surface area (TPSA) is 59.9 Å². The van der Waals surface area contributed by atoms with Gasteiger partial charge in [-0.05, 0) is 19.6 Å². The molecule has 0 bridgehead atoms. The van der Waals surface area contributed by atoms with Crippen molar-refractivity contribution in [3.8, 4) is 6.01 Å². The summed E-state index contributed by atoms with van der Waals surface area (Å²) in [5, 5.41) is 0. The van der Waals surface area contributed by atoms with Gasteiger partial charge in [-0.1, -0.05) is 13.1 Å². The first-order valence-electron chi connectivity index (χ1n) is 4.82. The third kappa shape index (κ3) is 4.89. The predicted molar refractivity (Wildman–Crippen MR) is 64.9 cm³/mol. The van der Waals surface area contributed by atoms with Gasteiger partial charge in [-0.3, -0.25) is 0 Å². The Labute approximate surface area is 93.1 Å². The molecule has 0 saturated heterocycles. The van der Waals surface area contributed by atoms with Crippen molar-refractivity contribution in [2.75, 3.05) is 4.98 Å². The van der Waals surface area contributed by atoms with Crippen molar-refractivity contribution >= 4 is 23.2 Å². The number of hydrogen-bond donors (Lipinski definition) is 1. The van der Waals surface area contributed by atoms with Crippen LogP contribution in [-0.4, -0.2) is 32.2 Å². The molecule has 1 radical (unpaired) electrons. The lowest BCUT2D eigenvalue weighted by Gasteiger charge is -2.17. The number of nitrogens with one attached hydrogen (secondary N) is 1. The highest BCUT2D eigenvalue weighted by Crippen LogP contribution is 2.10. The summed E-state index contributed by atoms with van der Waals surface area (Å²) in [5.74, 6) is 0.608. The third-order valence-electron chi connectivity index (χ3n) is 1.31. The molecule has 5 nitrogen and oxygen atoms in total. The minimum atomic E-state index is -1.63. The average molecular weight is 241 g/mol. The van der Waals surface area contributed by atoms with Crippen LogP contribution in [0.2, 0.25) is 32.7 Å². The van der Waals surface area contributed by atoms with Crippen LogP contribution in [0.3, 0.4) is 0 Å². The molecule has 1 heterocycles. The normalized spacial score (nSPS) is 11.6. The number of nitrogens with zero attached hydrogens (tertiary/aromatic N) is 3. The summed E-state index contributed by atoms with van der Waals surface area (Å²) < 4.78 is 5.67. The van der Waals surface area contributed by atoms with Gasteiger partial charge in [0.25, 0.3) is 0 Å². The predicted octanol–water partition coefficient (Wildman–Crippen LogP) is 1.75. The zero-order valence-electron chi connectivity index (χ0n) is 9.83. The minimum Gasteiger partial charge on any atom is -0.518 e. The average Bonchev–Trinajstić information content (AvgIpc) is 1.99. The molecule has 1 aromatic rings. The molecule has 1 rings (SSSR count). The van der Waals surface area contributed by atoms with E-state index >= 15 is 0 Å². The molecule has 83 valence electrons. The Morgan fingerprint density at radius 3 is 2.47 bits per heavy atom. The summed E-state index contributed by atoms with van der Waals surface area (Å²) in [6.45, 7) is 10.6. The van der Waals surface area contributed by atoms with Gasteiger partial charge >= 0.3 is 6.01 Å². The Morgan fingerprint density at radius 1 is 1.27 bits per heavy atom. The fraction of sp³-hybridized carbons (Fsp3) is 0.625. The second-order valence-electron chi connectivity index (χ2n) is 4.43. The van der Waals surface area contributed by atoms with E-state index in [0.29, 0.717) is 12.0 Å². The maximum Gasteiger partial charge on any atom is 0.307 e. The lowest BCUT2D eigenvalue weighted by molar-refractivity contribution is 0.507. The molecule has 0 unspecified atom stereocenters. The van der Waals surface area contributed by atoms with Gasteiger partial charge in [-0.15, -0.1) is 0 Å². The van der Waals surface area contributed by atoms with Crippen molar-refractivity contribution in [3.63, 3.8) is 0 Å². The van der Waals surface area contributed by atoms with Gasteiger partial charge in [-0.25, -0.2) is 4.98 Å². The summed E-state index contributed by atoms with van der Waals surface area (Å²) >= 11 is 0. The minimum absolute atomic E-state index is 0.426. The zero-order chi connectivity index (χ0) is 11.5. The Balaban J connectivity index is 2.74. The quantitative estimate of drug-likeness (QED) is 0.814. The molecule has 1 N–H and O–H groups in total. The van der Waals surface area contributed by atoms with Crippen molar-refractivity contribution in [1.82, 2.24) is 15.0 Å². The molecule has 7 heteroatoms. The highest BCUT2D eigenvalue weighted by Gasteiger charge is 2.18. The third-order valence-corrected chi connectivity index (χ3v) is 2.83. The lowest BCUT2D eigenvalue weighted by Crippen LogP contribution is -2.30. The Bertz CT molecular complexity index is 327. The molecule has 0 amide bonds. The zero-order valence-corrected chi connectivity index (χ0v) is 11.8. The van der Waals surface area contributed by atoms with Gasteiger partial charge in [0, 0.05) is 0 Å². The van der Waals surface area contributed by atoms with Crippen molar-refractivity contribution < 1.29 is 4.43 Å². The first kappa shape index (κ1) is 12.1. The fourth-order valence-corrected chi connectivity index (χ4v) is 2.10. The van der Waals surface area contributed by atoms with Gasteiger partial charge in [0.1, 0.15) is 6.33 Å². The first-order valence-corrected chi connectivity index (χ1v) is 10.7. The van der Waals surface area contributed by atoms with E-state index in [1.165, 1.54) is 6.33 Å². The van der Waals surface area contributed by atoms with Crippen molar-refractivity contribution in [1.29, 1.82) is 0 Å². The summed E-state index contributed by atoms with van der Waals surface area (Å²) in [4.78, 5) is 15.4. The molecular formula is C8H17N4OSi2. The molecule has 0 spiro atoms. The summed E-state index contributed by atoms with van der Waals surface area (Å²) in [6.07, 6.45) is 1.48. The van der Waals surface area contributed by atoms with Crippen molar-refractivity contribution in [2.24, 2.45) is 0 Å². The van der Waals surface area contributed by atoms with Crippen LogP contribution in [0.5, 0.6) is 6.01 Å². The Hall–Kier alpha value is -0.956. The molecule has 0 aliphatic carbocycles. The number of anilines is 1. The Morgan fingerprint density at radius 2 is 1.93 bits per heavy atom. The largest absolute Gasteiger partial charge is 0.518 e. The van der Waals surface area contributed by atoms with Crippen molar-refractivity contribution in [3.05, 3.63) is 6.33 Å². The SMILES string of the molecule is C[Si](C)Nc1ncnc(O[Si](C)(C)C)n1. The summed E-state index contributed by atoms with van der Waals surface area (Å²) in [6, 6.07) is 0.426. The van der Waals surface area contributed by atoms with Crippen LogP contribution in [0.4, 0.5) is 5.95 Å². The van der Waals surface area contributed by atoms with Crippen LogP contribution in [0.15, 0.2) is 6.33 Å². The van der Waals surface area contributed by atoms with Crippen LogP contribution >= 0.6 is 0 Å². The maximum atomic E-state index is 5.67. The molecule has 0 fully saturated rings.